The quantitative estimate of drug-likeness (QED) is 0.680. The first-order chi connectivity index (χ1) is 6.97. The predicted molar refractivity (Wildman–Crippen MR) is 62.5 cm³/mol. The molecule has 3 heteroatoms. The second-order valence-corrected chi connectivity index (χ2v) is 4.85. The van der Waals surface area contributed by atoms with Crippen molar-refractivity contribution in [3.63, 3.8) is 0 Å². The Balaban J connectivity index is 3.66. The molecule has 0 aliphatic rings. The van der Waals surface area contributed by atoms with Gasteiger partial charge in [-0.1, -0.05) is 27.7 Å². The van der Waals surface area contributed by atoms with Gasteiger partial charge in [-0.15, -0.1) is 0 Å². The average Bonchev–Trinajstić information content (AvgIpc) is 2.15. The van der Waals surface area contributed by atoms with Crippen LogP contribution in [-0.2, 0) is 4.79 Å². The van der Waals surface area contributed by atoms with Crippen LogP contribution in [0.15, 0.2) is 0 Å². The van der Waals surface area contributed by atoms with Crippen LogP contribution in [0.4, 0.5) is 0 Å². The molecule has 0 rings (SSSR count). The number of carbonyl (C=O) groups is 1. The minimum atomic E-state index is 0.126. The topological polar surface area (TPSA) is 49.3 Å². The van der Waals surface area contributed by atoms with Crippen LogP contribution in [0, 0.1) is 17.8 Å². The third kappa shape index (κ3) is 7.37. The molecule has 0 saturated heterocycles. The van der Waals surface area contributed by atoms with E-state index in [1.54, 1.807) is 0 Å². The summed E-state index contributed by atoms with van der Waals surface area (Å²) in [6.07, 6.45) is 1.35. The number of rotatable bonds is 7. The fourth-order valence-corrected chi connectivity index (χ4v) is 1.21. The molecule has 3 nitrogen and oxygen atoms in total. The van der Waals surface area contributed by atoms with E-state index in [-0.39, 0.29) is 12.5 Å². The van der Waals surface area contributed by atoms with E-state index in [1.807, 2.05) is 6.92 Å². The summed E-state index contributed by atoms with van der Waals surface area (Å²) in [6.45, 7) is 9.26. The fraction of sp³-hybridized carbons (Fsp3) is 0.917. The molecule has 0 bridgehead atoms. The highest BCUT2D eigenvalue weighted by Gasteiger charge is 2.12. The van der Waals surface area contributed by atoms with Crippen molar-refractivity contribution < 1.29 is 9.90 Å². The van der Waals surface area contributed by atoms with Crippen LogP contribution >= 0.6 is 0 Å². The fourth-order valence-electron chi connectivity index (χ4n) is 1.21. The van der Waals surface area contributed by atoms with Crippen molar-refractivity contribution in [3.05, 3.63) is 0 Å². The zero-order chi connectivity index (χ0) is 11.8. The molecule has 2 N–H and O–H groups in total. The largest absolute Gasteiger partial charge is 0.396 e. The Labute approximate surface area is 93.3 Å². The summed E-state index contributed by atoms with van der Waals surface area (Å²) in [5, 5.41) is 11.6. The second-order valence-electron chi connectivity index (χ2n) is 4.85. The maximum Gasteiger partial charge on any atom is 0.220 e. The second kappa shape index (κ2) is 7.69. The van der Waals surface area contributed by atoms with Gasteiger partial charge in [0.25, 0.3) is 0 Å². The minimum Gasteiger partial charge on any atom is -0.396 e. The zero-order valence-electron chi connectivity index (χ0n) is 10.4. The lowest BCUT2D eigenvalue weighted by Gasteiger charge is -2.16. The summed E-state index contributed by atoms with van der Waals surface area (Å²) >= 11 is 0. The number of aliphatic hydroxyl groups is 1. The number of nitrogens with one attached hydrogen (secondary N) is 1. The van der Waals surface area contributed by atoms with Crippen LogP contribution in [-0.4, -0.2) is 24.2 Å². The van der Waals surface area contributed by atoms with Gasteiger partial charge in [0, 0.05) is 19.6 Å². The molecule has 0 fully saturated rings. The molecule has 15 heavy (non-hydrogen) atoms. The van der Waals surface area contributed by atoms with Crippen molar-refractivity contribution in [2.75, 3.05) is 13.2 Å². The highest BCUT2D eigenvalue weighted by molar-refractivity contribution is 5.76. The van der Waals surface area contributed by atoms with E-state index in [1.165, 1.54) is 0 Å². The predicted octanol–water partition coefficient (Wildman–Crippen LogP) is 1.80. The Morgan fingerprint density at radius 1 is 1.27 bits per heavy atom. The molecule has 0 aromatic rings. The molecule has 0 radical (unpaired) electrons. The highest BCUT2D eigenvalue weighted by atomic mass is 16.3. The lowest BCUT2D eigenvalue weighted by Crippen LogP contribution is -2.30. The molecule has 0 aromatic carbocycles. The van der Waals surface area contributed by atoms with Crippen LogP contribution in [0.2, 0.25) is 0 Å². The van der Waals surface area contributed by atoms with Gasteiger partial charge in [0.2, 0.25) is 5.91 Å². The van der Waals surface area contributed by atoms with E-state index in [4.69, 9.17) is 5.11 Å². The third-order valence-corrected chi connectivity index (χ3v) is 2.92. The summed E-state index contributed by atoms with van der Waals surface area (Å²) in [4.78, 5) is 11.5. The Morgan fingerprint density at radius 2 is 1.87 bits per heavy atom. The zero-order valence-corrected chi connectivity index (χ0v) is 10.4. The minimum absolute atomic E-state index is 0.126. The van der Waals surface area contributed by atoms with Gasteiger partial charge in [-0.3, -0.25) is 4.79 Å². The van der Waals surface area contributed by atoms with Gasteiger partial charge in [-0.05, 0) is 24.2 Å². The van der Waals surface area contributed by atoms with Gasteiger partial charge in [-0.25, -0.2) is 0 Å². The Hall–Kier alpha value is -0.570. The third-order valence-electron chi connectivity index (χ3n) is 2.92. The van der Waals surface area contributed by atoms with Gasteiger partial charge in [0.05, 0.1) is 0 Å². The Kier molecular flexibility index (Phi) is 7.39. The number of aliphatic hydroxyl groups excluding tert-OH is 1. The van der Waals surface area contributed by atoms with Gasteiger partial charge in [0.15, 0.2) is 0 Å². The van der Waals surface area contributed by atoms with E-state index >= 15 is 0 Å². The number of hydrogen-bond donors (Lipinski definition) is 2. The number of amides is 1. The van der Waals surface area contributed by atoms with Crippen LogP contribution in [0.5, 0.6) is 0 Å². The van der Waals surface area contributed by atoms with Crippen molar-refractivity contribution in [1.82, 2.24) is 5.32 Å². The van der Waals surface area contributed by atoms with Crippen LogP contribution in [0.25, 0.3) is 0 Å². The van der Waals surface area contributed by atoms with Gasteiger partial charge >= 0.3 is 0 Å². The molecule has 90 valence electrons. The first-order valence-electron chi connectivity index (χ1n) is 5.84. The summed E-state index contributed by atoms with van der Waals surface area (Å²) in [7, 11) is 0. The van der Waals surface area contributed by atoms with Crippen LogP contribution < -0.4 is 5.32 Å². The van der Waals surface area contributed by atoms with Crippen molar-refractivity contribution >= 4 is 5.91 Å². The van der Waals surface area contributed by atoms with Gasteiger partial charge in [0.1, 0.15) is 0 Å². The molecule has 2 unspecified atom stereocenters. The summed E-state index contributed by atoms with van der Waals surface area (Å²) in [5.74, 6) is 1.46. The monoisotopic (exact) mass is 215 g/mol. The Morgan fingerprint density at radius 3 is 2.33 bits per heavy atom. The molecule has 1 amide bonds. The lowest BCUT2D eigenvalue weighted by atomic mass is 9.94. The van der Waals surface area contributed by atoms with Crippen molar-refractivity contribution in [2.24, 2.45) is 17.8 Å². The molecule has 0 aliphatic carbocycles. The van der Waals surface area contributed by atoms with E-state index in [2.05, 4.69) is 26.1 Å². The summed E-state index contributed by atoms with van der Waals surface area (Å²) in [5.41, 5.74) is 0. The van der Waals surface area contributed by atoms with Gasteiger partial charge < -0.3 is 10.4 Å². The Bertz CT molecular complexity index is 180. The number of hydrogen-bond acceptors (Lipinski definition) is 2. The maximum atomic E-state index is 11.5. The molecule has 0 aliphatic heterocycles. The smallest absolute Gasteiger partial charge is 0.220 e. The molecule has 2 atom stereocenters. The molecule has 0 spiro atoms. The first-order valence-corrected chi connectivity index (χ1v) is 5.84. The van der Waals surface area contributed by atoms with Crippen LogP contribution in [0.1, 0.15) is 40.5 Å². The van der Waals surface area contributed by atoms with E-state index < -0.39 is 0 Å². The first kappa shape index (κ1) is 14.4. The van der Waals surface area contributed by atoms with Crippen LogP contribution in [0.3, 0.4) is 0 Å². The van der Waals surface area contributed by atoms with Crippen molar-refractivity contribution in [1.29, 1.82) is 0 Å². The molecule has 0 saturated carbocycles. The van der Waals surface area contributed by atoms with E-state index in [0.29, 0.717) is 30.7 Å². The standard InChI is InChI=1S/C12H25NO2/c1-9(2)11(4)7-12(15)13-8-10(3)5-6-14/h9-11,14H,5-8H2,1-4H3,(H,13,15). The summed E-state index contributed by atoms with van der Waals surface area (Å²) in [6, 6.07) is 0. The van der Waals surface area contributed by atoms with Crippen molar-refractivity contribution in [3.8, 4) is 0 Å². The van der Waals surface area contributed by atoms with Crippen molar-refractivity contribution in [2.45, 2.75) is 40.5 Å². The van der Waals surface area contributed by atoms with E-state index in [0.717, 1.165) is 6.42 Å². The lowest BCUT2D eigenvalue weighted by molar-refractivity contribution is -0.122. The average molecular weight is 215 g/mol. The van der Waals surface area contributed by atoms with Gasteiger partial charge in [-0.2, -0.15) is 0 Å². The normalized spacial score (nSPS) is 15.1. The molecule has 0 heterocycles. The van der Waals surface area contributed by atoms with E-state index in [9.17, 15) is 4.79 Å². The number of carbonyl (C=O) groups excluding carboxylic acids is 1. The summed E-state index contributed by atoms with van der Waals surface area (Å²) < 4.78 is 0. The highest BCUT2D eigenvalue weighted by Crippen LogP contribution is 2.13. The molecular weight excluding hydrogens is 190 g/mol. The SMILES string of the molecule is CC(CCO)CNC(=O)CC(C)C(C)C. The molecular formula is C12H25NO2. The maximum absolute atomic E-state index is 11.5. The molecule has 0 aromatic heterocycles.